The molecule has 16 heteroatoms. The zero-order valence-corrected chi connectivity index (χ0v) is 25.1. The summed E-state index contributed by atoms with van der Waals surface area (Å²) in [5.74, 6) is -0.329. The smallest absolute Gasteiger partial charge is 0.459 e. The first kappa shape index (κ1) is 32.8. The first-order valence-corrected chi connectivity index (χ1v) is 15.0. The minimum Gasteiger partial charge on any atom is -0.462 e. The number of aliphatic hydroxyl groups excluding tert-OH is 1. The van der Waals surface area contributed by atoms with Crippen LogP contribution >= 0.6 is 19.3 Å². The van der Waals surface area contributed by atoms with Crippen molar-refractivity contribution in [2.45, 2.75) is 76.2 Å². The second kappa shape index (κ2) is 14.0. The number of benzene rings is 1. The molecular weight excluding hydrogens is 582 g/mol. The fraction of sp³-hybridized carbons (Fsp3) is 0.560. The molecule has 6 atom stereocenters. The van der Waals surface area contributed by atoms with Crippen molar-refractivity contribution in [1.82, 2.24) is 15.1 Å². The minimum absolute atomic E-state index is 0.0709. The number of nitrogens with two attached hydrogens (primary N) is 1. The average molecular weight is 619 g/mol. The van der Waals surface area contributed by atoms with Gasteiger partial charge in [-0.05, 0) is 44.9 Å². The van der Waals surface area contributed by atoms with Gasteiger partial charge < -0.3 is 35.5 Å². The molecule has 0 bridgehead atoms. The number of ether oxygens (including phenoxy) is 2. The third kappa shape index (κ3) is 8.40. The summed E-state index contributed by atoms with van der Waals surface area (Å²) in [6.45, 7) is 6.15. The number of carbonyl (C=O) groups excluding carboxylic acids is 1. The van der Waals surface area contributed by atoms with Gasteiger partial charge in [0.25, 0.3) is 5.13 Å². The van der Waals surface area contributed by atoms with Gasteiger partial charge in [0.1, 0.15) is 36.0 Å². The van der Waals surface area contributed by atoms with Crippen molar-refractivity contribution < 1.29 is 37.4 Å². The van der Waals surface area contributed by atoms with E-state index < -0.39 is 56.0 Å². The van der Waals surface area contributed by atoms with Crippen molar-refractivity contribution in [3.05, 3.63) is 36.2 Å². The van der Waals surface area contributed by atoms with Crippen LogP contribution in [0.1, 0.15) is 39.7 Å². The zero-order valence-electron chi connectivity index (χ0n) is 23.5. The van der Waals surface area contributed by atoms with Crippen LogP contribution in [0.2, 0.25) is 0 Å². The molecule has 6 unspecified atom stereocenters. The second-order valence-corrected chi connectivity index (χ2v) is 11.9. The second-order valence-electron chi connectivity index (χ2n) is 9.67. The SMILES string of the molecule is CCCc1cccc(OP(=O)(NC(C)C(=O)OC(C)C)OCC2OC(Nc3ncnc(N)c3NC)C(F)(Cl)C2O)c1. The Morgan fingerprint density at radius 2 is 2.07 bits per heavy atom. The fourth-order valence-electron chi connectivity index (χ4n) is 3.95. The van der Waals surface area contributed by atoms with Crippen LogP contribution in [0, 0.1) is 0 Å². The lowest BCUT2D eigenvalue weighted by Crippen LogP contribution is -2.43. The summed E-state index contributed by atoms with van der Waals surface area (Å²) in [4.78, 5) is 20.3. The van der Waals surface area contributed by atoms with Crippen molar-refractivity contribution in [3.63, 3.8) is 0 Å². The fourth-order valence-corrected chi connectivity index (χ4v) is 5.69. The Bertz CT molecular complexity index is 1240. The molecule has 41 heavy (non-hydrogen) atoms. The zero-order chi connectivity index (χ0) is 30.4. The van der Waals surface area contributed by atoms with E-state index in [1.807, 2.05) is 13.0 Å². The molecular formula is C25H37ClFN6O7P. The number of hydrogen-bond donors (Lipinski definition) is 5. The van der Waals surface area contributed by atoms with Crippen LogP contribution in [0.15, 0.2) is 30.6 Å². The van der Waals surface area contributed by atoms with Crippen molar-refractivity contribution in [1.29, 1.82) is 0 Å². The molecule has 6 N–H and O–H groups in total. The molecule has 3 rings (SSSR count). The lowest BCUT2D eigenvalue weighted by molar-refractivity contribution is -0.149. The molecule has 0 amide bonds. The molecule has 1 aliphatic heterocycles. The Kier molecular flexibility index (Phi) is 11.1. The van der Waals surface area contributed by atoms with Gasteiger partial charge in [-0.15, -0.1) is 0 Å². The highest BCUT2D eigenvalue weighted by molar-refractivity contribution is 7.52. The molecule has 0 radical (unpaired) electrons. The minimum atomic E-state index is -4.33. The maximum absolute atomic E-state index is 15.5. The Labute approximate surface area is 243 Å². The number of alkyl halides is 2. The Balaban J connectivity index is 1.79. The van der Waals surface area contributed by atoms with E-state index in [1.165, 1.54) is 6.92 Å². The number of aromatic nitrogens is 2. The van der Waals surface area contributed by atoms with Gasteiger partial charge in [0, 0.05) is 7.05 Å². The van der Waals surface area contributed by atoms with E-state index in [4.69, 9.17) is 35.9 Å². The summed E-state index contributed by atoms with van der Waals surface area (Å²) in [6, 6.07) is 5.78. The number of esters is 1. The topological polar surface area (TPSA) is 179 Å². The summed E-state index contributed by atoms with van der Waals surface area (Å²) in [6.07, 6.45) is -2.59. The van der Waals surface area contributed by atoms with Gasteiger partial charge in [-0.25, -0.2) is 18.9 Å². The number of nitrogens with one attached hydrogen (secondary N) is 3. The van der Waals surface area contributed by atoms with Crippen molar-refractivity contribution in [3.8, 4) is 5.75 Å². The number of aliphatic hydroxyl groups is 1. The lowest BCUT2D eigenvalue weighted by Gasteiger charge is -2.25. The third-order valence-electron chi connectivity index (χ3n) is 5.93. The Morgan fingerprint density at radius 3 is 2.73 bits per heavy atom. The van der Waals surface area contributed by atoms with Gasteiger partial charge in [0.05, 0.1) is 12.7 Å². The Morgan fingerprint density at radius 1 is 1.34 bits per heavy atom. The number of halogens is 2. The molecule has 0 aliphatic carbocycles. The molecule has 1 saturated heterocycles. The number of nitrogen functional groups attached to an aromatic ring is 1. The molecule has 2 heterocycles. The molecule has 1 fully saturated rings. The number of aryl methyl sites for hydroxylation is 1. The highest BCUT2D eigenvalue weighted by atomic mass is 35.5. The number of anilines is 3. The van der Waals surface area contributed by atoms with E-state index in [2.05, 4.69) is 25.7 Å². The van der Waals surface area contributed by atoms with Crippen LogP contribution in [0.25, 0.3) is 0 Å². The van der Waals surface area contributed by atoms with Gasteiger partial charge in [0.15, 0.2) is 17.9 Å². The molecule has 0 saturated carbocycles. The summed E-state index contributed by atoms with van der Waals surface area (Å²) in [5, 5.41) is 15.8. The monoisotopic (exact) mass is 618 g/mol. The molecule has 1 aromatic carbocycles. The van der Waals surface area contributed by atoms with Crippen LogP contribution in [-0.4, -0.2) is 70.4 Å². The van der Waals surface area contributed by atoms with Gasteiger partial charge in [-0.3, -0.25) is 9.32 Å². The van der Waals surface area contributed by atoms with E-state index in [1.54, 1.807) is 39.1 Å². The maximum Gasteiger partial charge on any atom is 0.459 e. The third-order valence-corrected chi connectivity index (χ3v) is 8.00. The van der Waals surface area contributed by atoms with Gasteiger partial charge in [-0.1, -0.05) is 37.1 Å². The van der Waals surface area contributed by atoms with Crippen LogP contribution in [0.3, 0.4) is 0 Å². The summed E-state index contributed by atoms with van der Waals surface area (Å²) in [7, 11) is -2.77. The van der Waals surface area contributed by atoms with E-state index in [-0.39, 0.29) is 23.1 Å². The van der Waals surface area contributed by atoms with E-state index in [0.717, 1.165) is 24.7 Å². The summed E-state index contributed by atoms with van der Waals surface area (Å²) in [5.41, 5.74) is 7.02. The highest BCUT2D eigenvalue weighted by Gasteiger charge is 2.57. The number of nitrogens with zero attached hydrogens (tertiary/aromatic N) is 2. The number of hydrogen-bond acceptors (Lipinski definition) is 12. The standard InChI is InChI=1S/C25H37ClFN6O7P/c1-6-8-16-9-7-10-17(11-16)40-41(36,33-15(4)23(35)38-14(2)3)37-12-18-20(34)25(26,27)24(39-18)32-22-19(29-5)21(28)30-13-31-22/h7,9-11,13-15,18,20,24,29,34H,6,8,12H2,1-5H3,(H,33,36)(H3,28,30,31,32). The highest BCUT2D eigenvalue weighted by Crippen LogP contribution is 2.47. The molecule has 13 nitrogen and oxygen atoms in total. The van der Waals surface area contributed by atoms with Crippen LogP contribution < -0.4 is 26.0 Å². The average Bonchev–Trinajstić information content (AvgIpc) is 3.10. The molecule has 1 aromatic heterocycles. The van der Waals surface area contributed by atoms with E-state index in [9.17, 15) is 14.5 Å². The van der Waals surface area contributed by atoms with Crippen LogP contribution in [-0.2, 0) is 29.8 Å². The Hall–Kier alpha value is -2.74. The molecule has 228 valence electrons. The number of rotatable bonds is 14. The van der Waals surface area contributed by atoms with Crippen molar-refractivity contribution >= 4 is 42.6 Å². The first-order chi connectivity index (χ1) is 19.3. The van der Waals surface area contributed by atoms with E-state index in [0.29, 0.717) is 0 Å². The molecule has 0 spiro atoms. The summed E-state index contributed by atoms with van der Waals surface area (Å²) < 4.78 is 51.5. The first-order valence-electron chi connectivity index (χ1n) is 13.1. The summed E-state index contributed by atoms with van der Waals surface area (Å²) >= 11 is 6.03. The lowest BCUT2D eigenvalue weighted by atomic mass is 10.1. The number of carbonyl (C=O) groups is 1. The van der Waals surface area contributed by atoms with Crippen molar-refractivity contribution in [2.24, 2.45) is 0 Å². The molecule has 2 aromatic rings. The quantitative estimate of drug-likeness (QED) is 0.118. The van der Waals surface area contributed by atoms with Gasteiger partial charge in [-0.2, -0.15) is 5.09 Å². The largest absolute Gasteiger partial charge is 0.462 e. The van der Waals surface area contributed by atoms with Crippen LogP contribution in [0.4, 0.5) is 21.7 Å². The van der Waals surface area contributed by atoms with Crippen LogP contribution in [0.5, 0.6) is 5.75 Å². The predicted octanol–water partition coefficient (Wildman–Crippen LogP) is 3.59. The molecule has 1 aliphatic rings. The van der Waals surface area contributed by atoms with Gasteiger partial charge in [0.2, 0.25) is 0 Å². The van der Waals surface area contributed by atoms with Gasteiger partial charge >= 0.3 is 13.7 Å². The van der Waals surface area contributed by atoms with Crippen molar-refractivity contribution in [2.75, 3.05) is 30.0 Å². The maximum atomic E-state index is 15.5. The normalized spacial score (nSPS) is 24.5. The predicted molar refractivity (Wildman–Crippen MR) is 152 cm³/mol. The van der Waals surface area contributed by atoms with E-state index >= 15 is 4.39 Å².